The largest absolute Gasteiger partial charge is 0.466 e. The van der Waals surface area contributed by atoms with E-state index < -0.39 is 5.41 Å². The Bertz CT molecular complexity index is 728. The molecular formula is C22H31N3O2. The third-order valence-corrected chi connectivity index (χ3v) is 5.61. The Morgan fingerprint density at radius 2 is 2.07 bits per heavy atom. The molecule has 146 valence electrons. The topological polar surface area (TPSA) is 47.4 Å². The highest BCUT2D eigenvalue weighted by Gasteiger charge is 2.43. The van der Waals surface area contributed by atoms with E-state index in [-0.39, 0.29) is 5.97 Å². The van der Waals surface area contributed by atoms with Gasteiger partial charge in [-0.05, 0) is 51.6 Å². The van der Waals surface area contributed by atoms with Crippen LogP contribution in [0.3, 0.4) is 0 Å². The third kappa shape index (κ3) is 4.78. The zero-order valence-corrected chi connectivity index (χ0v) is 16.6. The molecule has 0 bridgehead atoms. The smallest absolute Gasteiger partial charge is 0.313 e. The molecule has 1 aromatic carbocycles. The highest BCUT2D eigenvalue weighted by atomic mass is 16.5. The Kier molecular flexibility index (Phi) is 6.67. The molecule has 1 aliphatic rings. The Balaban J connectivity index is 1.74. The molecule has 5 heteroatoms. The summed E-state index contributed by atoms with van der Waals surface area (Å²) in [6.45, 7) is 7.91. The second kappa shape index (κ2) is 9.18. The van der Waals surface area contributed by atoms with Gasteiger partial charge in [-0.25, -0.2) is 4.98 Å². The highest BCUT2D eigenvalue weighted by Crippen LogP contribution is 2.36. The van der Waals surface area contributed by atoms with E-state index in [4.69, 9.17) is 4.74 Å². The van der Waals surface area contributed by atoms with E-state index in [0.29, 0.717) is 6.61 Å². The predicted octanol–water partition coefficient (Wildman–Crippen LogP) is 3.68. The summed E-state index contributed by atoms with van der Waals surface area (Å²) in [6, 6.07) is 10.4. The van der Waals surface area contributed by atoms with Crippen LogP contribution < -0.4 is 0 Å². The standard InChI is InChI=1S/C22H31N3O2/c1-3-25-16-14-23-20(25)17-24-15-8-12-22(18-24,21(26)27-4-2)13-11-19-9-6-5-7-10-19/h5-7,9-10,14,16H,3-4,8,11-13,15,17-18H2,1-2H3. The molecule has 1 aromatic heterocycles. The second-order valence-corrected chi connectivity index (χ2v) is 7.43. The molecule has 1 atom stereocenters. The van der Waals surface area contributed by atoms with Gasteiger partial charge in [0.15, 0.2) is 0 Å². The van der Waals surface area contributed by atoms with E-state index in [1.807, 2.05) is 25.4 Å². The van der Waals surface area contributed by atoms with Crippen molar-refractivity contribution in [2.75, 3.05) is 19.7 Å². The molecule has 5 nitrogen and oxygen atoms in total. The first-order valence-corrected chi connectivity index (χ1v) is 10.1. The van der Waals surface area contributed by atoms with Gasteiger partial charge in [0.05, 0.1) is 18.6 Å². The average molecular weight is 370 g/mol. The van der Waals surface area contributed by atoms with Gasteiger partial charge in [-0.3, -0.25) is 9.69 Å². The molecule has 0 spiro atoms. The molecule has 2 aromatic rings. The van der Waals surface area contributed by atoms with E-state index in [1.54, 1.807) is 0 Å². The van der Waals surface area contributed by atoms with Crippen molar-refractivity contribution in [1.82, 2.24) is 14.5 Å². The lowest BCUT2D eigenvalue weighted by atomic mass is 9.75. The number of hydrogen-bond donors (Lipinski definition) is 0. The van der Waals surface area contributed by atoms with Gasteiger partial charge < -0.3 is 9.30 Å². The number of ether oxygens (including phenoxy) is 1. The average Bonchev–Trinajstić information content (AvgIpc) is 3.15. The fourth-order valence-electron chi connectivity index (χ4n) is 4.13. The number of carbonyl (C=O) groups excluding carboxylic acids is 1. The van der Waals surface area contributed by atoms with E-state index in [2.05, 4.69) is 45.6 Å². The zero-order valence-electron chi connectivity index (χ0n) is 16.6. The van der Waals surface area contributed by atoms with Crippen LogP contribution in [0.2, 0.25) is 0 Å². The van der Waals surface area contributed by atoms with Crippen molar-refractivity contribution >= 4 is 5.97 Å². The summed E-state index contributed by atoms with van der Waals surface area (Å²) in [5.41, 5.74) is 0.855. The van der Waals surface area contributed by atoms with Crippen molar-refractivity contribution in [2.45, 2.75) is 52.6 Å². The molecule has 0 amide bonds. The number of rotatable bonds is 8. The maximum atomic E-state index is 12.9. The molecule has 1 saturated heterocycles. The van der Waals surface area contributed by atoms with Crippen LogP contribution >= 0.6 is 0 Å². The number of piperidine rings is 1. The van der Waals surface area contributed by atoms with Crippen molar-refractivity contribution in [3.63, 3.8) is 0 Å². The number of nitrogens with zero attached hydrogens (tertiary/aromatic N) is 3. The number of likely N-dealkylation sites (tertiary alicyclic amines) is 1. The van der Waals surface area contributed by atoms with E-state index in [1.165, 1.54) is 5.56 Å². The summed E-state index contributed by atoms with van der Waals surface area (Å²) in [6.07, 6.45) is 7.52. The molecule has 27 heavy (non-hydrogen) atoms. The lowest BCUT2D eigenvalue weighted by molar-refractivity contribution is -0.160. The zero-order chi connectivity index (χ0) is 19.1. The van der Waals surface area contributed by atoms with Gasteiger partial charge in [-0.2, -0.15) is 0 Å². The van der Waals surface area contributed by atoms with Crippen LogP contribution in [0.5, 0.6) is 0 Å². The Morgan fingerprint density at radius 1 is 1.26 bits per heavy atom. The van der Waals surface area contributed by atoms with Crippen molar-refractivity contribution < 1.29 is 9.53 Å². The molecule has 3 rings (SSSR count). The summed E-state index contributed by atoms with van der Waals surface area (Å²) in [5.74, 6) is 1.03. The van der Waals surface area contributed by atoms with Gasteiger partial charge in [0.1, 0.15) is 5.82 Å². The van der Waals surface area contributed by atoms with Gasteiger partial charge in [0, 0.05) is 25.5 Å². The fraction of sp³-hybridized carbons (Fsp3) is 0.545. The number of carbonyl (C=O) groups is 1. The van der Waals surface area contributed by atoms with Crippen molar-refractivity contribution in [3.05, 3.63) is 54.1 Å². The minimum Gasteiger partial charge on any atom is -0.466 e. The lowest BCUT2D eigenvalue weighted by Gasteiger charge is -2.41. The molecule has 0 aliphatic carbocycles. The molecule has 0 saturated carbocycles. The third-order valence-electron chi connectivity index (χ3n) is 5.61. The number of hydrogen-bond acceptors (Lipinski definition) is 4. The normalized spacial score (nSPS) is 20.5. The summed E-state index contributed by atoms with van der Waals surface area (Å²) in [4.78, 5) is 19.8. The quantitative estimate of drug-likeness (QED) is 0.666. The van der Waals surface area contributed by atoms with Crippen LogP contribution in [0.25, 0.3) is 0 Å². The molecule has 1 fully saturated rings. The highest BCUT2D eigenvalue weighted by molar-refractivity contribution is 5.77. The van der Waals surface area contributed by atoms with Crippen LogP contribution in [0.4, 0.5) is 0 Å². The minimum atomic E-state index is -0.423. The van der Waals surface area contributed by atoms with Gasteiger partial charge in [-0.1, -0.05) is 30.3 Å². The van der Waals surface area contributed by atoms with Gasteiger partial charge in [0.25, 0.3) is 0 Å². The predicted molar refractivity (Wildman–Crippen MR) is 106 cm³/mol. The molecule has 1 unspecified atom stereocenters. The van der Waals surface area contributed by atoms with Crippen LogP contribution in [-0.4, -0.2) is 40.1 Å². The maximum absolute atomic E-state index is 12.9. The number of aryl methyl sites for hydroxylation is 2. The second-order valence-electron chi connectivity index (χ2n) is 7.43. The van der Waals surface area contributed by atoms with Crippen molar-refractivity contribution in [1.29, 1.82) is 0 Å². The van der Waals surface area contributed by atoms with E-state index >= 15 is 0 Å². The first kappa shape index (κ1) is 19.6. The minimum absolute atomic E-state index is 0.0375. The number of aromatic nitrogens is 2. The van der Waals surface area contributed by atoms with Crippen LogP contribution in [0, 0.1) is 5.41 Å². The van der Waals surface area contributed by atoms with Crippen LogP contribution in [-0.2, 0) is 29.0 Å². The van der Waals surface area contributed by atoms with Crippen LogP contribution in [0.15, 0.2) is 42.7 Å². The maximum Gasteiger partial charge on any atom is 0.313 e. The number of esters is 1. The Morgan fingerprint density at radius 3 is 2.81 bits per heavy atom. The fourth-order valence-corrected chi connectivity index (χ4v) is 4.13. The number of benzene rings is 1. The molecule has 0 N–H and O–H groups in total. The molecule has 2 heterocycles. The summed E-state index contributed by atoms with van der Waals surface area (Å²) in [5, 5.41) is 0. The Hall–Kier alpha value is -2.14. The molecule has 1 aliphatic heterocycles. The first-order valence-electron chi connectivity index (χ1n) is 10.1. The summed E-state index contributed by atoms with van der Waals surface area (Å²) in [7, 11) is 0. The number of imidazole rings is 1. The van der Waals surface area contributed by atoms with E-state index in [0.717, 1.165) is 57.7 Å². The SMILES string of the molecule is CCOC(=O)C1(CCc2ccccc2)CCCN(Cc2nccn2CC)C1. The van der Waals surface area contributed by atoms with Crippen molar-refractivity contribution in [2.24, 2.45) is 5.41 Å². The van der Waals surface area contributed by atoms with Gasteiger partial charge in [0.2, 0.25) is 0 Å². The van der Waals surface area contributed by atoms with Gasteiger partial charge >= 0.3 is 5.97 Å². The van der Waals surface area contributed by atoms with Crippen LogP contribution in [0.1, 0.15) is 44.5 Å². The molecule has 0 radical (unpaired) electrons. The Labute approximate surface area is 162 Å². The summed E-state index contributed by atoms with van der Waals surface area (Å²) >= 11 is 0. The van der Waals surface area contributed by atoms with E-state index in [9.17, 15) is 4.79 Å². The molecular weight excluding hydrogens is 338 g/mol. The lowest BCUT2D eigenvalue weighted by Crippen LogP contribution is -2.48. The summed E-state index contributed by atoms with van der Waals surface area (Å²) < 4.78 is 7.69. The first-order chi connectivity index (χ1) is 13.2. The van der Waals surface area contributed by atoms with Gasteiger partial charge in [-0.15, -0.1) is 0 Å². The monoisotopic (exact) mass is 369 g/mol. The van der Waals surface area contributed by atoms with Crippen molar-refractivity contribution in [3.8, 4) is 0 Å².